The van der Waals surface area contributed by atoms with Crippen LogP contribution in [0, 0.1) is 5.92 Å². The van der Waals surface area contributed by atoms with Gasteiger partial charge in [-0.25, -0.2) is 4.79 Å². The molecule has 1 aliphatic heterocycles. The van der Waals surface area contributed by atoms with Crippen LogP contribution in [0.4, 0.5) is 4.79 Å². The average Bonchev–Trinajstić information content (AvgIpc) is 3.10. The first-order valence-corrected chi connectivity index (χ1v) is 9.92. The molecule has 2 heterocycles. The molecule has 0 spiro atoms. The van der Waals surface area contributed by atoms with E-state index in [-0.39, 0.29) is 18.0 Å². The molecule has 4 rings (SSSR count). The van der Waals surface area contributed by atoms with Crippen LogP contribution in [0.5, 0.6) is 0 Å². The maximum atomic E-state index is 12.8. The lowest BCUT2D eigenvalue weighted by atomic mass is 9.87. The van der Waals surface area contributed by atoms with Crippen LogP contribution in [0.3, 0.4) is 0 Å². The number of carbonyl (C=O) groups excluding carboxylic acids is 1. The zero-order valence-corrected chi connectivity index (χ0v) is 15.8. The Morgan fingerprint density at radius 3 is 2.70 bits per heavy atom. The van der Waals surface area contributed by atoms with Crippen LogP contribution in [-0.2, 0) is 13.5 Å². The van der Waals surface area contributed by atoms with Gasteiger partial charge in [-0.1, -0.05) is 30.3 Å². The van der Waals surface area contributed by atoms with Crippen molar-refractivity contribution in [1.29, 1.82) is 0 Å². The molecule has 0 radical (unpaired) electrons. The first-order valence-electron chi connectivity index (χ1n) is 9.92. The van der Waals surface area contributed by atoms with E-state index in [0.29, 0.717) is 13.1 Å². The smallest absolute Gasteiger partial charge is 0.317 e. The van der Waals surface area contributed by atoms with Crippen LogP contribution in [0.2, 0.25) is 0 Å². The Bertz CT molecular complexity index is 781. The number of piperidine rings is 1. The summed E-state index contributed by atoms with van der Waals surface area (Å²) in [7, 11) is 1.96. The van der Waals surface area contributed by atoms with Gasteiger partial charge in [0.1, 0.15) is 0 Å². The van der Waals surface area contributed by atoms with Crippen LogP contribution >= 0.6 is 0 Å². The van der Waals surface area contributed by atoms with Crippen molar-refractivity contribution in [2.75, 3.05) is 13.1 Å². The lowest BCUT2D eigenvalue weighted by molar-refractivity contribution is 0.0660. The quantitative estimate of drug-likeness (QED) is 0.875. The molecule has 1 aliphatic carbocycles. The van der Waals surface area contributed by atoms with Crippen LogP contribution in [-0.4, -0.2) is 38.9 Å². The SMILES string of the molecule is Cn1ncc2c1CCCC2NC(=O)N1CCC(C(O)c2ccccc2)CC1. The van der Waals surface area contributed by atoms with E-state index in [1.165, 1.54) is 5.69 Å². The molecule has 2 unspecified atom stereocenters. The van der Waals surface area contributed by atoms with Crippen molar-refractivity contribution in [2.45, 2.75) is 44.2 Å². The van der Waals surface area contributed by atoms with Gasteiger partial charge in [-0.05, 0) is 43.6 Å². The monoisotopic (exact) mass is 368 g/mol. The van der Waals surface area contributed by atoms with E-state index in [4.69, 9.17) is 0 Å². The number of nitrogens with one attached hydrogen (secondary N) is 1. The second kappa shape index (κ2) is 7.72. The predicted molar refractivity (Wildman–Crippen MR) is 103 cm³/mol. The number of hydrogen-bond acceptors (Lipinski definition) is 3. The third kappa shape index (κ3) is 3.72. The van der Waals surface area contributed by atoms with E-state index in [0.717, 1.165) is 43.2 Å². The molecule has 1 aromatic carbocycles. The fraction of sp³-hybridized carbons (Fsp3) is 0.524. The highest BCUT2D eigenvalue weighted by Crippen LogP contribution is 2.32. The highest BCUT2D eigenvalue weighted by atomic mass is 16.3. The predicted octanol–water partition coefficient (Wildman–Crippen LogP) is 2.95. The first kappa shape index (κ1) is 18.0. The Labute approximate surface area is 160 Å². The van der Waals surface area contributed by atoms with Crippen molar-refractivity contribution in [1.82, 2.24) is 20.0 Å². The number of aliphatic hydroxyl groups excluding tert-OH is 1. The van der Waals surface area contributed by atoms with Gasteiger partial charge in [-0.3, -0.25) is 4.68 Å². The molecular formula is C21H28N4O2. The van der Waals surface area contributed by atoms with E-state index in [9.17, 15) is 9.90 Å². The van der Waals surface area contributed by atoms with Crippen LogP contribution in [0.15, 0.2) is 36.5 Å². The van der Waals surface area contributed by atoms with Crippen LogP contribution < -0.4 is 5.32 Å². The van der Waals surface area contributed by atoms with E-state index in [2.05, 4.69) is 10.4 Å². The molecule has 2 aromatic rings. The van der Waals surface area contributed by atoms with Crippen LogP contribution in [0.1, 0.15) is 54.6 Å². The Kier molecular flexibility index (Phi) is 5.16. The number of urea groups is 1. The minimum atomic E-state index is -0.451. The third-order valence-electron chi connectivity index (χ3n) is 6.09. The van der Waals surface area contributed by atoms with E-state index >= 15 is 0 Å². The number of aryl methyl sites for hydroxylation is 1. The van der Waals surface area contributed by atoms with Crippen molar-refractivity contribution < 1.29 is 9.90 Å². The minimum absolute atomic E-state index is 0.00403. The third-order valence-corrected chi connectivity index (χ3v) is 6.09. The van der Waals surface area contributed by atoms with Gasteiger partial charge < -0.3 is 15.3 Å². The zero-order valence-electron chi connectivity index (χ0n) is 15.8. The Hall–Kier alpha value is -2.34. The Morgan fingerprint density at radius 1 is 1.22 bits per heavy atom. The van der Waals surface area contributed by atoms with E-state index in [1.807, 2.05) is 53.2 Å². The summed E-state index contributed by atoms with van der Waals surface area (Å²) in [6.45, 7) is 1.38. The number of rotatable bonds is 3. The largest absolute Gasteiger partial charge is 0.388 e. The topological polar surface area (TPSA) is 70.4 Å². The standard InChI is InChI=1S/C21H28N4O2/c1-24-19-9-5-8-18(17(19)14-22-24)23-21(27)25-12-10-16(11-13-25)20(26)15-6-3-2-4-7-15/h2-4,6-7,14,16,18,20,26H,5,8-13H2,1H3,(H,23,27). The van der Waals surface area contributed by atoms with Gasteiger partial charge in [0.05, 0.1) is 18.3 Å². The molecule has 0 bridgehead atoms. The Morgan fingerprint density at radius 2 is 1.96 bits per heavy atom. The van der Waals surface area contributed by atoms with Crippen LogP contribution in [0.25, 0.3) is 0 Å². The Balaban J connectivity index is 1.33. The molecular weight excluding hydrogens is 340 g/mol. The molecule has 6 nitrogen and oxygen atoms in total. The molecule has 6 heteroatoms. The number of likely N-dealkylation sites (tertiary alicyclic amines) is 1. The summed E-state index contributed by atoms with van der Waals surface area (Å²) < 4.78 is 1.92. The number of aromatic nitrogens is 2. The molecule has 1 saturated heterocycles. The normalized spacial score (nSPS) is 21.6. The molecule has 2 atom stereocenters. The maximum absolute atomic E-state index is 12.8. The van der Waals surface area contributed by atoms with E-state index in [1.54, 1.807) is 0 Å². The molecule has 27 heavy (non-hydrogen) atoms. The molecule has 1 aromatic heterocycles. The molecule has 2 amide bonds. The van der Waals surface area contributed by atoms with Crippen molar-refractivity contribution in [2.24, 2.45) is 13.0 Å². The lowest BCUT2D eigenvalue weighted by Crippen LogP contribution is -2.46. The number of amides is 2. The van der Waals surface area contributed by atoms with Gasteiger partial charge in [-0.2, -0.15) is 5.10 Å². The van der Waals surface area contributed by atoms with Crippen molar-refractivity contribution in [3.63, 3.8) is 0 Å². The summed E-state index contributed by atoms with van der Waals surface area (Å²) in [6, 6.07) is 9.88. The minimum Gasteiger partial charge on any atom is -0.388 e. The van der Waals surface area contributed by atoms with Gasteiger partial charge in [-0.15, -0.1) is 0 Å². The highest BCUT2D eigenvalue weighted by molar-refractivity contribution is 5.75. The summed E-state index contributed by atoms with van der Waals surface area (Å²) >= 11 is 0. The second-order valence-corrected chi connectivity index (χ2v) is 7.74. The van der Waals surface area contributed by atoms with Gasteiger partial charge >= 0.3 is 6.03 Å². The fourth-order valence-corrected chi connectivity index (χ4v) is 4.44. The molecule has 2 aliphatic rings. The number of nitrogens with zero attached hydrogens (tertiary/aromatic N) is 3. The van der Waals surface area contributed by atoms with Gasteiger partial charge in [0.25, 0.3) is 0 Å². The molecule has 1 fully saturated rings. The van der Waals surface area contributed by atoms with Crippen molar-refractivity contribution in [3.05, 3.63) is 53.3 Å². The molecule has 0 saturated carbocycles. The average molecular weight is 368 g/mol. The molecule has 2 N–H and O–H groups in total. The van der Waals surface area contributed by atoms with Crippen molar-refractivity contribution in [3.8, 4) is 0 Å². The number of carbonyl (C=O) groups is 1. The second-order valence-electron chi connectivity index (χ2n) is 7.74. The van der Waals surface area contributed by atoms with Crippen molar-refractivity contribution >= 4 is 6.03 Å². The highest BCUT2D eigenvalue weighted by Gasteiger charge is 2.30. The summed E-state index contributed by atoms with van der Waals surface area (Å²) in [5.41, 5.74) is 3.36. The summed E-state index contributed by atoms with van der Waals surface area (Å²) in [6.07, 6.45) is 6.16. The van der Waals surface area contributed by atoms with Gasteiger partial charge in [0.15, 0.2) is 0 Å². The number of fused-ring (bicyclic) bond motifs is 1. The van der Waals surface area contributed by atoms with E-state index < -0.39 is 6.10 Å². The summed E-state index contributed by atoms with van der Waals surface area (Å²) in [5.74, 6) is 0.205. The zero-order chi connectivity index (χ0) is 18.8. The number of aliphatic hydroxyl groups is 1. The van der Waals surface area contributed by atoms with Gasteiger partial charge in [0, 0.05) is 31.4 Å². The summed E-state index contributed by atoms with van der Waals surface area (Å²) in [4.78, 5) is 14.6. The summed E-state index contributed by atoms with van der Waals surface area (Å²) in [5, 5.41) is 18.2. The number of benzene rings is 1. The fourth-order valence-electron chi connectivity index (χ4n) is 4.44. The maximum Gasteiger partial charge on any atom is 0.317 e. The van der Waals surface area contributed by atoms with Gasteiger partial charge in [0.2, 0.25) is 0 Å². The first-order chi connectivity index (χ1) is 13.1. The lowest BCUT2D eigenvalue weighted by Gasteiger charge is -2.35. The molecule has 144 valence electrons. The number of hydrogen-bond donors (Lipinski definition) is 2.